The van der Waals surface area contributed by atoms with E-state index in [0.29, 0.717) is 18.4 Å². The van der Waals surface area contributed by atoms with E-state index in [9.17, 15) is 8.42 Å². The lowest BCUT2D eigenvalue weighted by Gasteiger charge is -2.24. The molecule has 142 valence electrons. The average Bonchev–Trinajstić information content (AvgIpc) is 2.48. The Bertz CT molecular complexity index is 667. The molecule has 0 radical (unpaired) electrons. The molecule has 0 spiro atoms. The van der Waals surface area contributed by atoms with Gasteiger partial charge in [-0.25, -0.2) is 13.1 Å². The van der Waals surface area contributed by atoms with Gasteiger partial charge in [-0.2, -0.15) is 0 Å². The predicted octanol–water partition coefficient (Wildman–Crippen LogP) is 1.98. The van der Waals surface area contributed by atoms with Crippen molar-refractivity contribution in [3.05, 3.63) is 35.4 Å². The van der Waals surface area contributed by atoms with E-state index in [1.54, 1.807) is 0 Å². The molecule has 1 unspecified atom stereocenters. The van der Waals surface area contributed by atoms with Gasteiger partial charge in [0.05, 0.1) is 12.8 Å². The van der Waals surface area contributed by atoms with Crippen molar-refractivity contribution in [2.24, 2.45) is 4.99 Å². The van der Waals surface area contributed by atoms with Crippen LogP contribution in [0.3, 0.4) is 0 Å². The van der Waals surface area contributed by atoms with E-state index in [-0.39, 0.29) is 0 Å². The van der Waals surface area contributed by atoms with Crippen LogP contribution in [-0.4, -0.2) is 45.8 Å². The second-order valence-electron chi connectivity index (χ2n) is 7.15. The molecule has 0 fully saturated rings. The normalized spacial score (nSPS) is 14.2. The maximum atomic E-state index is 11.4. The first kappa shape index (κ1) is 21.4. The number of benzene rings is 1. The summed E-state index contributed by atoms with van der Waals surface area (Å²) in [5.41, 5.74) is 1.88. The maximum Gasteiger partial charge on any atom is 0.209 e. The van der Waals surface area contributed by atoms with Crippen molar-refractivity contribution in [3.63, 3.8) is 0 Å². The number of aliphatic imine (C=N–C) groups is 1. The smallest absolute Gasteiger partial charge is 0.209 e. The minimum atomic E-state index is -3.27. The number of aryl methyl sites for hydroxylation is 1. The van der Waals surface area contributed by atoms with E-state index in [0.717, 1.165) is 19.3 Å². The largest absolute Gasteiger partial charge is 0.357 e. The molecule has 7 heteroatoms. The molecule has 6 nitrogen and oxygen atoms in total. The predicted molar refractivity (Wildman–Crippen MR) is 106 cm³/mol. The molecule has 0 aliphatic carbocycles. The second kappa shape index (κ2) is 9.20. The van der Waals surface area contributed by atoms with Gasteiger partial charge in [-0.1, -0.05) is 36.8 Å². The zero-order valence-electron chi connectivity index (χ0n) is 16.2. The molecule has 0 aliphatic heterocycles. The summed E-state index contributed by atoms with van der Waals surface area (Å²) in [7, 11) is -3.27. The lowest BCUT2D eigenvalue weighted by atomic mass is 10.0. The summed E-state index contributed by atoms with van der Waals surface area (Å²) in [6.45, 7) is 11.7. The van der Waals surface area contributed by atoms with Crippen LogP contribution in [0.4, 0.5) is 0 Å². The molecule has 0 heterocycles. The zero-order valence-corrected chi connectivity index (χ0v) is 17.0. The van der Waals surface area contributed by atoms with Gasteiger partial charge in [-0.15, -0.1) is 0 Å². The number of rotatable bonds is 8. The van der Waals surface area contributed by atoms with Crippen molar-refractivity contribution in [2.75, 3.05) is 25.9 Å². The molecule has 1 aromatic carbocycles. The molecule has 0 saturated heterocycles. The fourth-order valence-electron chi connectivity index (χ4n) is 2.42. The van der Waals surface area contributed by atoms with Crippen molar-refractivity contribution in [1.29, 1.82) is 0 Å². The molecule has 1 aromatic rings. The first-order chi connectivity index (χ1) is 11.5. The highest BCUT2D eigenvalue weighted by Crippen LogP contribution is 2.14. The van der Waals surface area contributed by atoms with Crippen molar-refractivity contribution in [1.82, 2.24) is 15.4 Å². The van der Waals surface area contributed by atoms with Crippen LogP contribution in [0.5, 0.6) is 0 Å². The van der Waals surface area contributed by atoms with Gasteiger partial charge >= 0.3 is 0 Å². The van der Waals surface area contributed by atoms with Crippen LogP contribution in [-0.2, 0) is 10.0 Å². The van der Waals surface area contributed by atoms with Crippen molar-refractivity contribution in [3.8, 4) is 0 Å². The van der Waals surface area contributed by atoms with E-state index >= 15 is 0 Å². The average molecular weight is 369 g/mol. The summed E-state index contributed by atoms with van der Waals surface area (Å²) in [6, 6.07) is 8.52. The lowest BCUT2D eigenvalue weighted by molar-refractivity contribution is 0.464. The number of sulfonamides is 1. The Balaban J connectivity index is 2.68. The maximum absolute atomic E-state index is 11.4. The first-order valence-corrected chi connectivity index (χ1v) is 10.5. The molecule has 1 atom stereocenters. The SMILES string of the molecule is CCNC(=NCC(C)(C)NS(C)(=O)=O)NCC(C)c1ccc(C)cc1. The topological polar surface area (TPSA) is 82.6 Å². The Morgan fingerprint density at radius 2 is 1.80 bits per heavy atom. The molecule has 0 aliphatic rings. The van der Waals surface area contributed by atoms with Crippen LogP contribution in [0.15, 0.2) is 29.3 Å². The highest BCUT2D eigenvalue weighted by molar-refractivity contribution is 7.88. The summed E-state index contributed by atoms with van der Waals surface area (Å²) in [6.07, 6.45) is 1.16. The van der Waals surface area contributed by atoms with Gasteiger partial charge in [0.15, 0.2) is 5.96 Å². The minimum Gasteiger partial charge on any atom is -0.357 e. The fourth-order valence-corrected chi connectivity index (χ4v) is 3.48. The number of hydrogen-bond donors (Lipinski definition) is 3. The van der Waals surface area contributed by atoms with Crippen molar-refractivity contribution in [2.45, 2.75) is 46.1 Å². The number of nitrogens with one attached hydrogen (secondary N) is 3. The molecule has 0 saturated carbocycles. The summed E-state index contributed by atoms with van der Waals surface area (Å²) < 4.78 is 25.4. The molecule has 0 bridgehead atoms. The zero-order chi connectivity index (χ0) is 19.1. The van der Waals surface area contributed by atoms with Gasteiger partial charge in [-0.3, -0.25) is 4.99 Å². The monoisotopic (exact) mass is 368 g/mol. The molecule has 1 rings (SSSR count). The first-order valence-electron chi connectivity index (χ1n) is 8.60. The third kappa shape index (κ3) is 8.88. The molecular formula is C18H32N4O2S. The quantitative estimate of drug-likeness (QED) is 0.484. The molecule has 0 amide bonds. The Hall–Kier alpha value is -1.60. The third-order valence-electron chi connectivity index (χ3n) is 3.66. The number of guanidine groups is 1. The van der Waals surface area contributed by atoms with Gasteiger partial charge in [0.25, 0.3) is 0 Å². The van der Waals surface area contributed by atoms with E-state index < -0.39 is 15.6 Å². The Labute approximate surface area is 152 Å². The summed E-state index contributed by atoms with van der Waals surface area (Å²) in [4.78, 5) is 4.52. The van der Waals surface area contributed by atoms with Crippen LogP contribution < -0.4 is 15.4 Å². The minimum absolute atomic E-state index is 0.339. The van der Waals surface area contributed by atoms with Gasteiger partial charge in [0, 0.05) is 18.6 Å². The Morgan fingerprint density at radius 1 is 1.20 bits per heavy atom. The lowest BCUT2D eigenvalue weighted by Crippen LogP contribution is -2.47. The number of nitrogens with zero attached hydrogens (tertiary/aromatic N) is 1. The fraction of sp³-hybridized carbons (Fsp3) is 0.611. The van der Waals surface area contributed by atoms with Gasteiger partial charge in [0.1, 0.15) is 0 Å². The van der Waals surface area contributed by atoms with Crippen LogP contribution in [0.2, 0.25) is 0 Å². The summed E-state index contributed by atoms with van der Waals surface area (Å²) in [5.74, 6) is 1.02. The summed E-state index contributed by atoms with van der Waals surface area (Å²) >= 11 is 0. The number of hydrogen-bond acceptors (Lipinski definition) is 3. The summed E-state index contributed by atoms with van der Waals surface area (Å²) in [5, 5.41) is 6.53. The van der Waals surface area contributed by atoms with Crippen LogP contribution >= 0.6 is 0 Å². The van der Waals surface area contributed by atoms with Crippen LogP contribution in [0.25, 0.3) is 0 Å². The van der Waals surface area contributed by atoms with Crippen molar-refractivity contribution < 1.29 is 8.42 Å². The van der Waals surface area contributed by atoms with Crippen molar-refractivity contribution >= 4 is 16.0 Å². The molecular weight excluding hydrogens is 336 g/mol. The van der Waals surface area contributed by atoms with E-state index in [1.165, 1.54) is 11.1 Å². The highest BCUT2D eigenvalue weighted by Gasteiger charge is 2.22. The van der Waals surface area contributed by atoms with E-state index in [1.807, 2.05) is 20.8 Å². The van der Waals surface area contributed by atoms with Crippen LogP contribution in [0.1, 0.15) is 44.7 Å². The van der Waals surface area contributed by atoms with Gasteiger partial charge < -0.3 is 10.6 Å². The third-order valence-corrected chi connectivity index (χ3v) is 4.58. The molecule has 3 N–H and O–H groups in total. The van der Waals surface area contributed by atoms with Gasteiger partial charge in [-0.05, 0) is 39.2 Å². The van der Waals surface area contributed by atoms with Gasteiger partial charge in [0.2, 0.25) is 10.0 Å². The van der Waals surface area contributed by atoms with E-state index in [4.69, 9.17) is 0 Å². The Kier molecular flexibility index (Phi) is 7.89. The molecule has 25 heavy (non-hydrogen) atoms. The highest BCUT2D eigenvalue weighted by atomic mass is 32.2. The van der Waals surface area contributed by atoms with E-state index in [2.05, 4.69) is 58.5 Å². The second-order valence-corrected chi connectivity index (χ2v) is 8.89. The van der Waals surface area contributed by atoms with Crippen LogP contribution in [0, 0.1) is 6.92 Å². The molecule has 0 aromatic heterocycles. The Morgan fingerprint density at radius 3 is 2.32 bits per heavy atom. The standard InChI is InChI=1S/C18H32N4O2S/c1-7-19-17(21-13-18(4,5)22-25(6,23)24)20-12-15(3)16-10-8-14(2)9-11-16/h8-11,15,22H,7,12-13H2,1-6H3,(H2,19,20,21).